The van der Waals surface area contributed by atoms with Crippen molar-refractivity contribution in [3.8, 4) is 0 Å². The standard InChI is InChI=1S/C20H19ClN4O/c1-13-6-14(2)19(18(21)7-13)25-20(26)16-8-17(12-23-11-16)24-10-15-4-3-5-22-9-15/h3-9,11-12,24H,10H2,1-2H3,(H,25,26). The molecule has 1 aromatic carbocycles. The summed E-state index contributed by atoms with van der Waals surface area (Å²) in [4.78, 5) is 20.8. The zero-order chi connectivity index (χ0) is 18.5. The summed E-state index contributed by atoms with van der Waals surface area (Å²) in [5, 5.41) is 6.64. The predicted octanol–water partition coefficient (Wildman–Crippen LogP) is 4.61. The van der Waals surface area contributed by atoms with Crippen LogP contribution < -0.4 is 10.6 Å². The highest BCUT2D eigenvalue weighted by Crippen LogP contribution is 2.27. The first kappa shape index (κ1) is 17.9. The average Bonchev–Trinajstić information content (AvgIpc) is 2.64. The molecule has 0 aliphatic carbocycles. The van der Waals surface area contributed by atoms with E-state index < -0.39 is 0 Å². The summed E-state index contributed by atoms with van der Waals surface area (Å²) >= 11 is 6.27. The Balaban J connectivity index is 1.72. The van der Waals surface area contributed by atoms with Gasteiger partial charge in [0.15, 0.2) is 0 Å². The Hall–Kier alpha value is -2.92. The fourth-order valence-electron chi connectivity index (χ4n) is 2.63. The Morgan fingerprint density at radius 3 is 2.69 bits per heavy atom. The lowest BCUT2D eigenvalue weighted by Gasteiger charge is -2.12. The van der Waals surface area contributed by atoms with Crippen molar-refractivity contribution in [2.45, 2.75) is 20.4 Å². The van der Waals surface area contributed by atoms with E-state index in [0.29, 0.717) is 22.8 Å². The van der Waals surface area contributed by atoms with Gasteiger partial charge in [0.05, 0.1) is 22.0 Å². The maximum Gasteiger partial charge on any atom is 0.257 e. The van der Waals surface area contributed by atoms with Crippen LogP contribution in [0.25, 0.3) is 0 Å². The van der Waals surface area contributed by atoms with E-state index in [9.17, 15) is 4.79 Å². The molecule has 3 rings (SSSR count). The number of anilines is 2. The number of rotatable bonds is 5. The van der Waals surface area contributed by atoms with Crippen LogP contribution in [0, 0.1) is 13.8 Å². The van der Waals surface area contributed by atoms with Gasteiger partial charge in [0.2, 0.25) is 0 Å². The highest BCUT2D eigenvalue weighted by atomic mass is 35.5. The van der Waals surface area contributed by atoms with Gasteiger partial charge in [-0.3, -0.25) is 14.8 Å². The van der Waals surface area contributed by atoms with Gasteiger partial charge in [-0.15, -0.1) is 0 Å². The number of halogens is 1. The molecule has 0 aliphatic heterocycles. The quantitative estimate of drug-likeness (QED) is 0.691. The molecule has 0 aliphatic rings. The van der Waals surface area contributed by atoms with Crippen LogP contribution in [0.5, 0.6) is 0 Å². The minimum Gasteiger partial charge on any atom is -0.380 e. The second-order valence-corrected chi connectivity index (χ2v) is 6.48. The smallest absolute Gasteiger partial charge is 0.257 e. The number of nitrogens with one attached hydrogen (secondary N) is 2. The van der Waals surface area contributed by atoms with Gasteiger partial charge >= 0.3 is 0 Å². The molecule has 5 nitrogen and oxygen atoms in total. The molecule has 0 saturated carbocycles. The van der Waals surface area contributed by atoms with E-state index in [0.717, 1.165) is 22.4 Å². The van der Waals surface area contributed by atoms with Gasteiger partial charge in [-0.05, 0) is 48.7 Å². The molecule has 2 N–H and O–H groups in total. The van der Waals surface area contributed by atoms with Crippen LogP contribution in [0.15, 0.2) is 55.1 Å². The fraction of sp³-hybridized carbons (Fsp3) is 0.150. The number of pyridine rings is 2. The first-order chi connectivity index (χ1) is 12.5. The number of carbonyl (C=O) groups is 1. The number of aryl methyl sites for hydroxylation is 2. The first-order valence-corrected chi connectivity index (χ1v) is 8.56. The largest absolute Gasteiger partial charge is 0.380 e. The van der Waals surface area contributed by atoms with E-state index in [2.05, 4.69) is 20.6 Å². The van der Waals surface area contributed by atoms with Gasteiger partial charge in [0.25, 0.3) is 5.91 Å². The molecular weight excluding hydrogens is 348 g/mol. The van der Waals surface area contributed by atoms with Crippen molar-refractivity contribution >= 4 is 28.9 Å². The Morgan fingerprint density at radius 2 is 1.96 bits per heavy atom. The topological polar surface area (TPSA) is 66.9 Å². The third-order valence-electron chi connectivity index (χ3n) is 3.89. The van der Waals surface area contributed by atoms with Gasteiger partial charge in [0, 0.05) is 31.3 Å². The fourth-order valence-corrected chi connectivity index (χ4v) is 3.00. The molecule has 0 unspecified atom stereocenters. The number of aromatic nitrogens is 2. The molecule has 2 heterocycles. The van der Waals surface area contributed by atoms with Crippen molar-refractivity contribution in [1.82, 2.24) is 9.97 Å². The van der Waals surface area contributed by atoms with E-state index in [1.165, 1.54) is 6.20 Å². The van der Waals surface area contributed by atoms with Crippen LogP contribution in [-0.2, 0) is 6.54 Å². The minimum absolute atomic E-state index is 0.253. The highest BCUT2D eigenvalue weighted by Gasteiger charge is 2.12. The van der Waals surface area contributed by atoms with Gasteiger partial charge < -0.3 is 10.6 Å². The highest BCUT2D eigenvalue weighted by molar-refractivity contribution is 6.34. The van der Waals surface area contributed by atoms with Gasteiger partial charge in [-0.1, -0.05) is 23.7 Å². The number of carbonyl (C=O) groups excluding carboxylic acids is 1. The molecule has 6 heteroatoms. The number of amides is 1. The Bertz CT molecular complexity index is 905. The lowest BCUT2D eigenvalue weighted by Crippen LogP contribution is -2.14. The van der Waals surface area contributed by atoms with E-state index >= 15 is 0 Å². The van der Waals surface area contributed by atoms with Crippen molar-refractivity contribution in [2.75, 3.05) is 10.6 Å². The van der Waals surface area contributed by atoms with Crippen LogP contribution in [0.2, 0.25) is 5.02 Å². The second kappa shape index (κ2) is 7.97. The van der Waals surface area contributed by atoms with E-state index in [1.54, 1.807) is 24.7 Å². The molecule has 132 valence electrons. The number of hydrogen-bond donors (Lipinski definition) is 2. The minimum atomic E-state index is -0.253. The number of benzene rings is 1. The second-order valence-electron chi connectivity index (χ2n) is 6.07. The van der Waals surface area contributed by atoms with Crippen LogP contribution in [0.3, 0.4) is 0 Å². The van der Waals surface area contributed by atoms with Crippen LogP contribution >= 0.6 is 11.6 Å². The first-order valence-electron chi connectivity index (χ1n) is 8.19. The molecule has 0 atom stereocenters. The monoisotopic (exact) mass is 366 g/mol. The molecule has 0 spiro atoms. The van der Waals surface area contributed by atoms with E-state index in [4.69, 9.17) is 11.6 Å². The Labute approximate surface area is 157 Å². The van der Waals surface area contributed by atoms with Crippen molar-refractivity contribution in [1.29, 1.82) is 0 Å². The summed E-state index contributed by atoms with van der Waals surface area (Å²) < 4.78 is 0. The Kier molecular flexibility index (Phi) is 5.49. The van der Waals surface area contributed by atoms with Crippen molar-refractivity contribution in [3.05, 3.63) is 82.4 Å². The summed E-state index contributed by atoms with van der Waals surface area (Å²) in [6.45, 7) is 4.48. The zero-order valence-corrected chi connectivity index (χ0v) is 15.3. The van der Waals surface area contributed by atoms with Gasteiger partial charge in [-0.25, -0.2) is 0 Å². The summed E-state index contributed by atoms with van der Waals surface area (Å²) in [5.41, 5.74) is 4.85. The Morgan fingerprint density at radius 1 is 1.12 bits per heavy atom. The predicted molar refractivity (Wildman–Crippen MR) is 105 cm³/mol. The van der Waals surface area contributed by atoms with Crippen LogP contribution in [0.4, 0.5) is 11.4 Å². The zero-order valence-electron chi connectivity index (χ0n) is 14.6. The van der Waals surface area contributed by atoms with Crippen molar-refractivity contribution < 1.29 is 4.79 Å². The average molecular weight is 367 g/mol. The number of hydrogen-bond acceptors (Lipinski definition) is 4. The summed E-state index contributed by atoms with van der Waals surface area (Å²) in [7, 11) is 0. The third-order valence-corrected chi connectivity index (χ3v) is 4.19. The molecule has 3 aromatic rings. The van der Waals surface area contributed by atoms with E-state index in [-0.39, 0.29) is 5.91 Å². The molecule has 26 heavy (non-hydrogen) atoms. The molecular formula is C20H19ClN4O. The molecule has 2 aromatic heterocycles. The van der Waals surface area contributed by atoms with Gasteiger partial charge in [-0.2, -0.15) is 0 Å². The van der Waals surface area contributed by atoms with Crippen LogP contribution in [-0.4, -0.2) is 15.9 Å². The van der Waals surface area contributed by atoms with Crippen molar-refractivity contribution in [2.24, 2.45) is 0 Å². The maximum atomic E-state index is 12.6. The lowest BCUT2D eigenvalue weighted by molar-refractivity contribution is 0.102. The van der Waals surface area contributed by atoms with Gasteiger partial charge in [0.1, 0.15) is 0 Å². The lowest BCUT2D eigenvalue weighted by atomic mass is 10.1. The van der Waals surface area contributed by atoms with E-state index in [1.807, 2.05) is 38.1 Å². The molecule has 0 bridgehead atoms. The summed E-state index contributed by atoms with van der Waals surface area (Å²) in [6.07, 6.45) is 6.73. The normalized spacial score (nSPS) is 10.4. The molecule has 0 radical (unpaired) electrons. The SMILES string of the molecule is Cc1cc(C)c(NC(=O)c2cncc(NCc3cccnc3)c2)c(Cl)c1. The summed E-state index contributed by atoms with van der Waals surface area (Å²) in [5.74, 6) is -0.253. The van der Waals surface area contributed by atoms with Crippen LogP contribution in [0.1, 0.15) is 27.0 Å². The molecule has 1 amide bonds. The molecule has 0 saturated heterocycles. The molecule has 0 fully saturated rings. The summed E-state index contributed by atoms with van der Waals surface area (Å²) in [6, 6.07) is 9.43. The third kappa shape index (κ3) is 4.37. The maximum absolute atomic E-state index is 12.6. The van der Waals surface area contributed by atoms with Crippen molar-refractivity contribution in [3.63, 3.8) is 0 Å². The number of nitrogens with zero attached hydrogens (tertiary/aromatic N) is 2.